The number of aliphatic hydroxyl groups is 2. The first-order valence-electron chi connectivity index (χ1n) is 9.74. The lowest BCUT2D eigenvalue weighted by Crippen LogP contribution is -2.47. The van der Waals surface area contributed by atoms with Crippen LogP contribution in [0.15, 0.2) is 23.3 Å². The van der Waals surface area contributed by atoms with Crippen molar-refractivity contribution in [1.82, 2.24) is 29.8 Å². The van der Waals surface area contributed by atoms with Crippen molar-refractivity contribution in [3.05, 3.63) is 30.5 Å². The van der Waals surface area contributed by atoms with E-state index in [1.165, 1.54) is 26.0 Å². The fourth-order valence-electron chi connectivity index (χ4n) is 4.24. The lowest BCUT2D eigenvalue weighted by molar-refractivity contribution is -0.139. The number of nitrogens with zero attached hydrogens (tertiary/aromatic N) is 5. The SMILES string of the molecule is CNC(=O)C1(C)C(C)C(n2cnc3c(NC)nc(C#Cc4cnco4)nc32)C(O)C1O. The molecule has 3 aromatic rings. The minimum absolute atomic E-state index is 0.213. The predicted octanol–water partition coefficient (Wildman–Crippen LogP) is -0.0793. The zero-order chi connectivity index (χ0) is 22.3. The Morgan fingerprint density at radius 2 is 2.06 bits per heavy atom. The molecule has 1 fully saturated rings. The minimum Gasteiger partial charge on any atom is -0.435 e. The van der Waals surface area contributed by atoms with Crippen molar-refractivity contribution in [1.29, 1.82) is 0 Å². The van der Waals surface area contributed by atoms with Crippen LogP contribution in [0.25, 0.3) is 11.2 Å². The normalized spacial score (nSPS) is 27.7. The Morgan fingerprint density at radius 1 is 1.29 bits per heavy atom. The summed E-state index contributed by atoms with van der Waals surface area (Å²) in [4.78, 5) is 29.7. The van der Waals surface area contributed by atoms with Crippen LogP contribution in [0.3, 0.4) is 0 Å². The van der Waals surface area contributed by atoms with E-state index in [1.807, 2.05) is 6.92 Å². The maximum absolute atomic E-state index is 12.6. The number of aromatic nitrogens is 5. The number of aliphatic hydroxyl groups excluding tert-OH is 2. The molecule has 0 aromatic carbocycles. The second-order valence-electron chi connectivity index (χ2n) is 7.66. The third kappa shape index (κ3) is 3.11. The molecular weight excluding hydrogens is 402 g/mol. The molecule has 1 aliphatic rings. The van der Waals surface area contributed by atoms with Gasteiger partial charge in [-0.05, 0) is 24.7 Å². The van der Waals surface area contributed by atoms with Crippen LogP contribution in [0, 0.1) is 23.2 Å². The van der Waals surface area contributed by atoms with E-state index in [0.717, 1.165) is 0 Å². The van der Waals surface area contributed by atoms with Gasteiger partial charge in [-0.2, -0.15) is 0 Å². The third-order valence-electron chi connectivity index (χ3n) is 6.17. The standard InChI is InChI=1S/C20H23N7O4/c1-10-14(15(28)16(29)20(10,2)19(30)22-4)27-8-24-13-17(21-3)25-12(26-18(13)27)6-5-11-7-23-9-31-11/h7-10,14-16,28-29H,1-4H3,(H,22,30)(H,21,25,26). The van der Waals surface area contributed by atoms with Crippen LogP contribution >= 0.6 is 0 Å². The van der Waals surface area contributed by atoms with E-state index in [0.29, 0.717) is 22.7 Å². The highest BCUT2D eigenvalue weighted by molar-refractivity contribution is 5.85. The number of amides is 1. The van der Waals surface area contributed by atoms with Crippen LogP contribution < -0.4 is 10.6 Å². The smallest absolute Gasteiger partial charge is 0.228 e. The number of carbonyl (C=O) groups excluding carboxylic acids is 1. The molecule has 5 unspecified atom stereocenters. The molecule has 11 heteroatoms. The number of imidazole rings is 1. The predicted molar refractivity (Wildman–Crippen MR) is 110 cm³/mol. The Hall–Kier alpha value is -3.49. The number of oxazole rings is 1. The summed E-state index contributed by atoms with van der Waals surface area (Å²) in [5, 5.41) is 27.2. The van der Waals surface area contributed by atoms with Gasteiger partial charge in [-0.25, -0.2) is 19.9 Å². The van der Waals surface area contributed by atoms with E-state index in [-0.39, 0.29) is 11.7 Å². The first-order chi connectivity index (χ1) is 14.8. The number of anilines is 1. The van der Waals surface area contributed by atoms with Gasteiger partial charge in [-0.3, -0.25) is 4.79 Å². The molecule has 31 heavy (non-hydrogen) atoms. The molecule has 4 rings (SSSR count). The average Bonchev–Trinajstić information content (AvgIpc) is 3.48. The number of nitrogens with one attached hydrogen (secondary N) is 2. The van der Waals surface area contributed by atoms with Crippen molar-refractivity contribution < 1.29 is 19.4 Å². The monoisotopic (exact) mass is 425 g/mol. The van der Waals surface area contributed by atoms with Crippen molar-refractivity contribution in [2.24, 2.45) is 11.3 Å². The molecule has 162 valence electrons. The molecule has 5 atom stereocenters. The molecule has 3 aromatic heterocycles. The third-order valence-corrected chi connectivity index (χ3v) is 6.17. The summed E-state index contributed by atoms with van der Waals surface area (Å²) in [5.74, 6) is 5.90. The zero-order valence-electron chi connectivity index (χ0n) is 17.5. The summed E-state index contributed by atoms with van der Waals surface area (Å²) in [5.41, 5.74) is -0.288. The quantitative estimate of drug-likeness (QED) is 0.422. The average molecular weight is 425 g/mol. The van der Waals surface area contributed by atoms with Crippen LogP contribution in [0.2, 0.25) is 0 Å². The van der Waals surface area contributed by atoms with Gasteiger partial charge in [0.1, 0.15) is 6.10 Å². The number of rotatable bonds is 3. The molecule has 0 aliphatic heterocycles. The van der Waals surface area contributed by atoms with Crippen molar-refractivity contribution >= 4 is 22.9 Å². The second-order valence-corrected chi connectivity index (χ2v) is 7.66. The first kappa shape index (κ1) is 20.8. The fraction of sp³-hybridized carbons (Fsp3) is 0.450. The van der Waals surface area contributed by atoms with Gasteiger partial charge in [-0.15, -0.1) is 0 Å². The summed E-state index contributed by atoms with van der Waals surface area (Å²) in [6.45, 7) is 3.46. The molecule has 3 heterocycles. The largest absolute Gasteiger partial charge is 0.435 e. The topological polar surface area (TPSA) is 151 Å². The van der Waals surface area contributed by atoms with Gasteiger partial charge in [0, 0.05) is 14.1 Å². The molecule has 4 N–H and O–H groups in total. The van der Waals surface area contributed by atoms with Gasteiger partial charge >= 0.3 is 0 Å². The molecule has 11 nitrogen and oxygen atoms in total. The summed E-state index contributed by atoms with van der Waals surface area (Å²) in [7, 11) is 3.21. The maximum atomic E-state index is 12.6. The minimum atomic E-state index is -1.26. The first-order valence-corrected chi connectivity index (χ1v) is 9.74. The Labute approximate surface area is 177 Å². The van der Waals surface area contributed by atoms with Gasteiger partial charge in [-0.1, -0.05) is 6.92 Å². The van der Waals surface area contributed by atoms with Gasteiger partial charge < -0.3 is 29.8 Å². The number of hydrogen-bond acceptors (Lipinski definition) is 9. The van der Waals surface area contributed by atoms with E-state index < -0.39 is 29.6 Å². The summed E-state index contributed by atoms with van der Waals surface area (Å²) < 4.78 is 6.78. The van der Waals surface area contributed by atoms with Crippen LogP contribution in [-0.2, 0) is 4.79 Å². The number of carbonyl (C=O) groups is 1. The lowest BCUT2D eigenvalue weighted by atomic mass is 9.77. The molecule has 0 spiro atoms. The summed E-state index contributed by atoms with van der Waals surface area (Å²) in [6.07, 6.45) is 1.82. The van der Waals surface area contributed by atoms with Gasteiger partial charge in [0.2, 0.25) is 11.7 Å². The van der Waals surface area contributed by atoms with Gasteiger partial charge in [0.25, 0.3) is 0 Å². The Bertz CT molecular complexity index is 1180. The van der Waals surface area contributed by atoms with Crippen molar-refractivity contribution in [2.75, 3.05) is 19.4 Å². The van der Waals surface area contributed by atoms with E-state index in [9.17, 15) is 15.0 Å². The number of fused-ring (bicyclic) bond motifs is 1. The highest BCUT2D eigenvalue weighted by Crippen LogP contribution is 2.50. The van der Waals surface area contributed by atoms with Crippen molar-refractivity contribution in [3.8, 4) is 11.8 Å². The second kappa shape index (κ2) is 7.64. The Morgan fingerprint density at radius 3 is 2.71 bits per heavy atom. The molecule has 1 saturated carbocycles. The Balaban J connectivity index is 1.83. The van der Waals surface area contributed by atoms with Gasteiger partial charge in [0.05, 0.1) is 30.1 Å². The van der Waals surface area contributed by atoms with Crippen LogP contribution in [0.5, 0.6) is 0 Å². The molecule has 0 saturated heterocycles. The molecular formula is C20H23N7O4. The molecule has 0 radical (unpaired) electrons. The molecule has 1 aliphatic carbocycles. The molecule has 1 amide bonds. The van der Waals surface area contributed by atoms with Crippen molar-refractivity contribution in [2.45, 2.75) is 32.1 Å². The zero-order valence-corrected chi connectivity index (χ0v) is 17.5. The van der Waals surface area contributed by atoms with Crippen LogP contribution in [-0.4, -0.2) is 66.9 Å². The summed E-state index contributed by atoms with van der Waals surface area (Å²) in [6, 6.07) is -0.642. The molecule has 0 bridgehead atoms. The van der Waals surface area contributed by atoms with Crippen molar-refractivity contribution in [3.63, 3.8) is 0 Å². The van der Waals surface area contributed by atoms with Crippen LogP contribution in [0.1, 0.15) is 31.5 Å². The fourth-order valence-corrected chi connectivity index (χ4v) is 4.24. The highest BCUT2D eigenvalue weighted by Gasteiger charge is 2.59. The van der Waals surface area contributed by atoms with E-state index in [1.54, 1.807) is 18.5 Å². The maximum Gasteiger partial charge on any atom is 0.228 e. The van der Waals surface area contributed by atoms with E-state index >= 15 is 0 Å². The highest BCUT2D eigenvalue weighted by atomic mass is 16.3. The van der Waals surface area contributed by atoms with Gasteiger partial charge in [0.15, 0.2) is 29.1 Å². The lowest BCUT2D eigenvalue weighted by Gasteiger charge is -2.31. The summed E-state index contributed by atoms with van der Waals surface area (Å²) >= 11 is 0. The van der Waals surface area contributed by atoms with Crippen LogP contribution in [0.4, 0.5) is 5.82 Å². The number of hydrogen-bond donors (Lipinski definition) is 4. The Kier molecular flexibility index (Phi) is 5.12. The van der Waals surface area contributed by atoms with E-state index in [2.05, 4.69) is 42.4 Å². The van der Waals surface area contributed by atoms with E-state index in [4.69, 9.17) is 4.42 Å².